The third-order valence-electron chi connectivity index (χ3n) is 2.67. The van der Waals surface area contributed by atoms with Crippen molar-refractivity contribution in [1.29, 1.82) is 0 Å². The normalized spacial score (nSPS) is 16.8. The molecule has 0 atom stereocenters. The van der Waals surface area contributed by atoms with Crippen molar-refractivity contribution in [1.82, 2.24) is 5.32 Å². The van der Waals surface area contributed by atoms with Crippen LogP contribution in [0.15, 0.2) is 30.0 Å². The summed E-state index contributed by atoms with van der Waals surface area (Å²) >= 11 is 11.7. The Hall–Kier alpha value is -1.52. The first-order valence-corrected chi connectivity index (χ1v) is 6.27. The largest absolute Gasteiger partial charge is 0.425 e. The van der Waals surface area contributed by atoms with Gasteiger partial charge in [0.2, 0.25) is 5.91 Å². The predicted molar refractivity (Wildman–Crippen MR) is 72.2 cm³/mol. The highest BCUT2D eigenvalue weighted by Crippen LogP contribution is 2.26. The summed E-state index contributed by atoms with van der Waals surface area (Å²) < 4.78 is 5.22. The Morgan fingerprint density at radius 1 is 1.32 bits per heavy atom. The molecule has 0 bridgehead atoms. The monoisotopic (exact) mass is 299 g/mol. The molecule has 0 aromatic heterocycles. The van der Waals surface area contributed by atoms with Gasteiger partial charge in [-0.15, -0.1) is 0 Å². The van der Waals surface area contributed by atoms with Crippen molar-refractivity contribution in [2.45, 2.75) is 19.4 Å². The highest BCUT2D eigenvalue weighted by Gasteiger charge is 2.35. The first-order chi connectivity index (χ1) is 8.79. The smallest absolute Gasteiger partial charge is 0.344 e. The molecular weight excluding hydrogens is 289 g/mol. The van der Waals surface area contributed by atoms with E-state index >= 15 is 0 Å². The second-order valence-corrected chi connectivity index (χ2v) is 5.48. The van der Waals surface area contributed by atoms with E-state index in [9.17, 15) is 9.59 Å². The summed E-state index contributed by atoms with van der Waals surface area (Å²) in [4.78, 5) is 23.3. The zero-order valence-electron chi connectivity index (χ0n) is 10.3. The van der Waals surface area contributed by atoms with E-state index in [1.165, 1.54) is 18.2 Å². The van der Waals surface area contributed by atoms with E-state index in [4.69, 9.17) is 27.9 Å². The maximum atomic E-state index is 12.0. The van der Waals surface area contributed by atoms with E-state index in [0.717, 1.165) is 0 Å². The van der Waals surface area contributed by atoms with E-state index in [0.29, 0.717) is 5.02 Å². The summed E-state index contributed by atoms with van der Waals surface area (Å²) in [5.41, 5.74) is -0.520. The van der Waals surface area contributed by atoms with Crippen LogP contribution in [0.2, 0.25) is 10.0 Å². The van der Waals surface area contributed by atoms with Crippen molar-refractivity contribution >= 4 is 35.1 Å². The van der Waals surface area contributed by atoms with Crippen molar-refractivity contribution in [3.63, 3.8) is 0 Å². The van der Waals surface area contributed by atoms with Gasteiger partial charge in [0.1, 0.15) is 5.76 Å². The number of nitrogens with one attached hydrogen (secondary N) is 1. The first kappa shape index (κ1) is 13.9. The molecule has 1 aromatic rings. The van der Waals surface area contributed by atoms with Crippen LogP contribution in [0.5, 0.6) is 0 Å². The minimum atomic E-state index is -0.717. The van der Waals surface area contributed by atoms with E-state index in [-0.39, 0.29) is 22.3 Å². The molecular formula is C13H11Cl2NO3. The Morgan fingerprint density at radius 3 is 2.53 bits per heavy atom. The SMILES string of the molecule is CC1(C)NC(=O)C=C1OC(=O)c1ccc(Cl)cc1Cl. The molecule has 0 radical (unpaired) electrons. The van der Waals surface area contributed by atoms with Gasteiger partial charge < -0.3 is 10.1 Å². The predicted octanol–water partition coefficient (Wildman–Crippen LogP) is 2.94. The molecule has 1 amide bonds. The fourth-order valence-corrected chi connectivity index (χ4v) is 2.16. The third kappa shape index (κ3) is 2.91. The van der Waals surface area contributed by atoms with Gasteiger partial charge in [0.25, 0.3) is 0 Å². The molecule has 0 fully saturated rings. The van der Waals surface area contributed by atoms with E-state index < -0.39 is 11.5 Å². The quantitative estimate of drug-likeness (QED) is 0.854. The van der Waals surface area contributed by atoms with E-state index in [1.807, 2.05) is 0 Å². The van der Waals surface area contributed by atoms with Gasteiger partial charge in [-0.2, -0.15) is 0 Å². The Bertz CT molecular complexity index is 594. The van der Waals surface area contributed by atoms with E-state index in [2.05, 4.69) is 5.32 Å². The van der Waals surface area contributed by atoms with Crippen LogP contribution in [0.1, 0.15) is 24.2 Å². The number of carbonyl (C=O) groups is 2. The second kappa shape index (κ2) is 4.87. The lowest BCUT2D eigenvalue weighted by Crippen LogP contribution is -2.39. The number of rotatable bonds is 2. The summed E-state index contributed by atoms with van der Waals surface area (Å²) in [7, 11) is 0. The Balaban J connectivity index is 2.22. The lowest BCUT2D eigenvalue weighted by atomic mass is 10.1. The van der Waals surface area contributed by atoms with Gasteiger partial charge in [-0.3, -0.25) is 4.79 Å². The number of ether oxygens (including phenoxy) is 1. The number of esters is 1. The van der Waals surface area contributed by atoms with Crippen LogP contribution in [-0.4, -0.2) is 17.4 Å². The van der Waals surface area contributed by atoms with Gasteiger partial charge in [-0.25, -0.2) is 4.79 Å². The van der Waals surface area contributed by atoms with Gasteiger partial charge in [0.15, 0.2) is 0 Å². The van der Waals surface area contributed by atoms with Crippen LogP contribution >= 0.6 is 23.2 Å². The maximum Gasteiger partial charge on any atom is 0.344 e. The lowest BCUT2D eigenvalue weighted by molar-refractivity contribution is -0.116. The maximum absolute atomic E-state index is 12.0. The van der Waals surface area contributed by atoms with Crippen molar-refractivity contribution in [3.05, 3.63) is 45.6 Å². The van der Waals surface area contributed by atoms with Crippen molar-refractivity contribution < 1.29 is 14.3 Å². The molecule has 0 saturated carbocycles. The van der Waals surface area contributed by atoms with Crippen LogP contribution in [0.25, 0.3) is 0 Å². The molecule has 0 spiro atoms. The lowest BCUT2D eigenvalue weighted by Gasteiger charge is -2.21. The number of carbonyl (C=O) groups excluding carboxylic acids is 2. The average Bonchev–Trinajstić information content (AvgIpc) is 2.51. The van der Waals surface area contributed by atoms with Gasteiger partial charge in [-0.05, 0) is 32.0 Å². The Labute approximate surface area is 120 Å². The highest BCUT2D eigenvalue weighted by molar-refractivity contribution is 6.36. The summed E-state index contributed by atoms with van der Waals surface area (Å²) in [5, 5.41) is 3.29. The average molecular weight is 300 g/mol. The third-order valence-corrected chi connectivity index (χ3v) is 3.22. The number of halogens is 2. The molecule has 1 aliphatic rings. The zero-order valence-corrected chi connectivity index (χ0v) is 11.8. The summed E-state index contributed by atoms with van der Waals surface area (Å²) in [5.74, 6) is -0.666. The van der Waals surface area contributed by atoms with Crippen molar-refractivity contribution in [3.8, 4) is 0 Å². The molecule has 100 valence electrons. The first-order valence-electron chi connectivity index (χ1n) is 5.51. The molecule has 2 rings (SSSR count). The fraction of sp³-hybridized carbons (Fsp3) is 0.231. The summed E-state index contributed by atoms with van der Waals surface area (Å²) in [6, 6.07) is 4.48. The topological polar surface area (TPSA) is 55.4 Å². The van der Waals surface area contributed by atoms with Crippen molar-refractivity contribution in [2.24, 2.45) is 0 Å². The molecule has 1 aliphatic heterocycles. The Kier molecular flexibility index (Phi) is 3.56. The van der Waals surface area contributed by atoms with Crippen molar-refractivity contribution in [2.75, 3.05) is 0 Å². The van der Waals surface area contributed by atoms with E-state index in [1.54, 1.807) is 19.9 Å². The minimum absolute atomic E-state index is 0.196. The molecule has 1 aromatic carbocycles. The second-order valence-electron chi connectivity index (χ2n) is 4.64. The van der Waals surface area contributed by atoms with Gasteiger partial charge in [0.05, 0.1) is 16.1 Å². The number of benzene rings is 1. The molecule has 1 N–H and O–H groups in total. The molecule has 0 aliphatic carbocycles. The summed E-state index contributed by atoms with van der Waals surface area (Å²) in [6.45, 7) is 3.47. The molecule has 0 unspecified atom stereocenters. The minimum Gasteiger partial charge on any atom is -0.425 e. The summed E-state index contributed by atoms with van der Waals surface area (Å²) in [6.07, 6.45) is 1.25. The fourth-order valence-electron chi connectivity index (χ4n) is 1.67. The van der Waals surface area contributed by atoms with Crippen LogP contribution in [0.3, 0.4) is 0 Å². The molecule has 6 heteroatoms. The number of amides is 1. The number of hydrogen-bond donors (Lipinski definition) is 1. The standard InChI is InChI=1S/C13H11Cl2NO3/c1-13(2)10(6-11(17)16-13)19-12(18)8-4-3-7(14)5-9(8)15/h3-6H,1-2H3,(H,16,17). The molecule has 1 heterocycles. The van der Waals surface area contributed by atoms with Crippen LogP contribution < -0.4 is 5.32 Å². The Morgan fingerprint density at radius 2 is 2.00 bits per heavy atom. The zero-order chi connectivity index (χ0) is 14.2. The highest BCUT2D eigenvalue weighted by atomic mass is 35.5. The van der Waals surface area contributed by atoms with Gasteiger partial charge in [0, 0.05) is 11.1 Å². The molecule has 4 nitrogen and oxygen atoms in total. The van der Waals surface area contributed by atoms with Gasteiger partial charge >= 0.3 is 5.97 Å². The molecule has 19 heavy (non-hydrogen) atoms. The van der Waals surface area contributed by atoms with Gasteiger partial charge in [-0.1, -0.05) is 23.2 Å². The van der Waals surface area contributed by atoms with Crippen LogP contribution in [0, 0.1) is 0 Å². The number of hydrogen-bond acceptors (Lipinski definition) is 3. The van der Waals surface area contributed by atoms with Crippen LogP contribution in [0.4, 0.5) is 0 Å². The molecule has 0 saturated heterocycles. The van der Waals surface area contributed by atoms with Crippen LogP contribution in [-0.2, 0) is 9.53 Å².